The summed E-state index contributed by atoms with van der Waals surface area (Å²) in [5.41, 5.74) is 1.02. The lowest BCUT2D eigenvalue weighted by Gasteiger charge is -2.03. The Morgan fingerprint density at radius 1 is 1.53 bits per heavy atom. The van der Waals surface area contributed by atoms with E-state index in [1.807, 2.05) is 18.2 Å². The van der Waals surface area contributed by atoms with Crippen molar-refractivity contribution in [1.82, 2.24) is 10.3 Å². The van der Waals surface area contributed by atoms with E-state index in [9.17, 15) is 4.79 Å². The number of hydrogen-bond acceptors (Lipinski definition) is 4. The van der Waals surface area contributed by atoms with Crippen molar-refractivity contribution in [3.63, 3.8) is 0 Å². The maximum Gasteiger partial charge on any atom is 0.319 e. The SMILES string of the molecule is CCOC(=O)CNCCc1ccccn1. The van der Waals surface area contributed by atoms with Crippen LogP contribution in [0.3, 0.4) is 0 Å². The zero-order valence-corrected chi connectivity index (χ0v) is 8.90. The van der Waals surface area contributed by atoms with Gasteiger partial charge in [-0.05, 0) is 19.1 Å². The number of hydrogen-bond donors (Lipinski definition) is 1. The van der Waals surface area contributed by atoms with E-state index in [0.717, 1.165) is 18.7 Å². The van der Waals surface area contributed by atoms with Gasteiger partial charge in [-0.25, -0.2) is 0 Å². The molecule has 1 heterocycles. The first-order chi connectivity index (χ1) is 7.33. The van der Waals surface area contributed by atoms with E-state index in [1.54, 1.807) is 13.1 Å². The molecule has 1 aromatic heterocycles. The van der Waals surface area contributed by atoms with E-state index in [2.05, 4.69) is 10.3 Å². The minimum Gasteiger partial charge on any atom is -0.465 e. The summed E-state index contributed by atoms with van der Waals surface area (Å²) in [7, 11) is 0. The first kappa shape index (κ1) is 11.7. The molecule has 0 saturated carbocycles. The zero-order chi connectivity index (χ0) is 10.9. The van der Waals surface area contributed by atoms with Gasteiger partial charge in [0.2, 0.25) is 0 Å². The second-order valence-corrected chi connectivity index (χ2v) is 3.05. The number of pyridine rings is 1. The summed E-state index contributed by atoms with van der Waals surface area (Å²) in [6.45, 7) is 3.23. The lowest BCUT2D eigenvalue weighted by molar-refractivity contribution is -0.141. The molecule has 1 aromatic rings. The highest BCUT2D eigenvalue weighted by atomic mass is 16.5. The molecule has 0 spiro atoms. The van der Waals surface area contributed by atoms with Gasteiger partial charge >= 0.3 is 5.97 Å². The lowest BCUT2D eigenvalue weighted by atomic mass is 10.3. The highest BCUT2D eigenvalue weighted by molar-refractivity contribution is 5.71. The molecule has 15 heavy (non-hydrogen) atoms. The summed E-state index contributed by atoms with van der Waals surface area (Å²) in [5.74, 6) is -0.210. The van der Waals surface area contributed by atoms with Crippen molar-refractivity contribution in [1.29, 1.82) is 0 Å². The summed E-state index contributed by atoms with van der Waals surface area (Å²) in [5, 5.41) is 3.00. The third kappa shape index (κ3) is 5.12. The molecule has 0 atom stereocenters. The minimum atomic E-state index is -0.210. The fraction of sp³-hybridized carbons (Fsp3) is 0.455. The fourth-order valence-electron chi connectivity index (χ4n) is 1.16. The van der Waals surface area contributed by atoms with Crippen LogP contribution >= 0.6 is 0 Å². The first-order valence-corrected chi connectivity index (χ1v) is 5.09. The molecule has 0 aliphatic rings. The van der Waals surface area contributed by atoms with Gasteiger partial charge in [0.15, 0.2) is 0 Å². The van der Waals surface area contributed by atoms with Gasteiger partial charge in [-0.1, -0.05) is 6.07 Å². The van der Waals surface area contributed by atoms with E-state index in [1.165, 1.54) is 0 Å². The molecule has 0 aliphatic heterocycles. The number of nitrogens with one attached hydrogen (secondary N) is 1. The van der Waals surface area contributed by atoms with Crippen LogP contribution in [0.5, 0.6) is 0 Å². The second kappa shape index (κ2) is 6.95. The van der Waals surface area contributed by atoms with Crippen molar-refractivity contribution < 1.29 is 9.53 Å². The summed E-state index contributed by atoms with van der Waals surface area (Å²) >= 11 is 0. The summed E-state index contributed by atoms with van der Waals surface area (Å²) in [4.78, 5) is 15.1. The standard InChI is InChI=1S/C11H16N2O2/c1-2-15-11(14)9-12-8-6-10-5-3-4-7-13-10/h3-5,7,12H,2,6,8-9H2,1H3. The van der Waals surface area contributed by atoms with Crippen LogP contribution in [-0.2, 0) is 16.0 Å². The minimum absolute atomic E-state index is 0.210. The molecule has 0 fully saturated rings. The molecule has 82 valence electrons. The Bertz CT molecular complexity index is 288. The predicted molar refractivity (Wildman–Crippen MR) is 57.4 cm³/mol. The normalized spacial score (nSPS) is 9.93. The van der Waals surface area contributed by atoms with E-state index < -0.39 is 0 Å². The van der Waals surface area contributed by atoms with Gasteiger partial charge in [0, 0.05) is 24.9 Å². The molecular weight excluding hydrogens is 192 g/mol. The third-order valence-electron chi connectivity index (χ3n) is 1.86. The maximum absolute atomic E-state index is 11.0. The van der Waals surface area contributed by atoms with Crippen LogP contribution in [0.1, 0.15) is 12.6 Å². The molecule has 0 saturated heterocycles. The van der Waals surface area contributed by atoms with Gasteiger partial charge in [-0.15, -0.1) is 0 Å². The fourth-order valence-corrected chi connectivity index (χ4v) is 1.16. The molecule has 1 N–H and O–H groups in total. The molecule has 4 nitrogen and oxygen atoms in total. The number of carbonyl (C=O) groups is 1. The Hall–Kier alpha value is -1.42. The summed E-state index contributed by atoms with van der Waals surface area (Å²) in [6, 6.07) is 5.80. The second-order valence-electron chi connectivity index (χ2n) is 3.05. The molecule has 0 amide bonds. The number of aromatic nitrogens is 1. The highest BCUT2D eigenvalue weighted by Gasteiger charge is 1.99. The lowest BCUT2D eigenvalue weighted by Crippen LogP contribution is -2.26. The molecule has 0 aromatic carbocycles. The first-order valence-electron chi connectivity index (χ1n) is 5.09. The zero-order valence-electron chi connectivity index (χ0n) is 8.90. The molecule has 0 unspecified atom stereocenters. The van der Waals surface area contributed by atoms with Gasteiger partial charge in [0.05, 0.1) is 13.2 Å². The van der Waals surface area contributed by atoms with Gasteiger partial charge in [-0.2, -0.15) is 0 Å². The molecule has 0 radical (unpaired) electrons. The average molecular weight is 208 g/mol. The van der Waals surface area contributed by atoms with E-state index in [4.69, 9.17) is 4.74 Å². The quantitative estimate of drug-likeness (QED) is 0.554. The van der Waals surface area contributed by atoms with Crippen molar-refractivity contribution in [2.75, 3.05) is 19.7 Å². The number of esters is 1. The van der Waals surface area contributed by atoms with Crippen LogP contribution in [0.15, 0.2) is 24.4 Å². The molecular formula is C11H16N2O2. The topological polar surface area (TPSA) is 51.2 Å². The van der Waals surface area contributed by atoms with Crippen molar-refractivity contribution in [2.45, 2.75) is 13.3 Å². The Labute approximate surface area is 89.7 Å². The Kier molecular flexibility index (Phi) is 5.40. The summed E-state index contributed by atoms with van der Waals surface area (Å²) < 4.78 is 4.78. The smallest absolute Gasteiger partial charge is 0.319 e. The van der Waals surface area contributed by atoms with E-state index in [0.29, 0.717) is 6.61 Å². The number of nitrogens with zero attached hydrogens (tertiary/aromatic N) is 1. The highest BCUT2D eigenvalue weighted by Crippen LogP contribution is 1.92. The van der Waals surface area contributed by atoms with Gasteiger partial charge in [0.1, 0.15) is 0 Å². The molecule has 0 bridgehead atoms. The molecule has 0 aliphatic carbocycles. The van der Waals surface area contributed by atoms with Gasteiger partial charge in [0.25, 0.3) is 0 Å². The monoisotopic (exact) mass is 208 g/mol. The van der Waals surface area contributed by atoms with E-state index >= 15 is 0 Å². The van der Waals surface area contributed by atoms with Crippen LogP contribution in [0.2, 0.25) is 0 Å². The van der Waals surface area contributed by atoms with Crippen LogP contribution in [0.4, 0.5) is 0 Å². The average Bonchev–Trinajstić information content (AvgIpc) is 2.26. The third-order valence-corrected chi connectivity index (χ3v) is 1.86. The van der Waals surface area contributed by atoms with Crippen LogP contribution < -0.4 is 5.32 Å². The van der Waals surface area contributed by atoms with E-state index in [-0.39, 0.29) is 12.5 Å². The molecule has 4 heteroatoms. The van der Waals surface area contributed by atoms with Gasteiger partial charge < -0.3 is 10.1 Å². The Balaban J connectivity index is 2.10. The van der Waals surface area contributed by atoms with Crippen LogP contribution in [0.25, 0.3) is 0 Å². The predicted octanol–water partition coefficient (Wildman–Crippen LogP) is 0.777. The Morgan fingerprint density at radius 2 is 2.40 bits per heavy atom. The van der Waals surface area contributed by atoms with Gasteiger partial charge in [-0.3, -0.25) is 9.78 Å². The largest absolute Gasteiger partial charge is 0.465 e. The van der Waals surface area contributed by atoms with Crippen molar-refractivity contribution >= 4 is 5.97 Å². The number of carbonyl (C=O) groups excluding carboxylic acids is 1. The van der Waals surface area contributed by atoms with Crippen molar-refractivity contribution in [2.24, 2.45) is 0 Å². The number of ether oxygens (including phenoxy) is 1. The van der Waals surface area contributed by atoms with Crippen molar-refractivity contribution in [3.05, 3.63) is 30.1 Å². The maximum atomic E-state index is 11.0. The summed E-state index contributed by atoms with van der Waals surface area (Å²) in [6.07, 6.45) is 2.58. The van der Waals surface area contributed by atoms with Crippen molar-refractivity contribution in [3.8, 4) is 0 Å². The van der Waals surface area contributed by atoms with Crippen LogP contribution in [0, 0.1) is 0 Å². The molecule has 1 rings (SSSR count). The van der Waals surface area contributed by atoms with Crippen LogP contribution in [-0.4, -0.2) is 30.6 Å². The Morgan fingerprint density at radius 3 is 3.07 bits per heavy atom. The number of rotatable bonds is 6.